The van der Waals surface area contributed by atoms with E-state index < -0.39 is 0 Å². The van der Waals surface area contributed by atoms with Gasteiger partial charge in [0.25, 0.3) is 0 Å². The highest BCUT2D eigenvalue weighted by Gasteiger charge is 2.25. The summed E-state index contributed by atoms with van der Waals surface area (Å²) in [6.45, 7) is 2.34. The van der Waals surface area contributed by atoms with Gasteiger partial charge in [-0.15, -0.1) is 0 Å². The first-order valence-electron chi connectivity index (χ1n) is 6.52. The summed E-state index contributed by atoms with van der Waals surface area (Å²) in [5.41, 5.74) is 2.67. The van der Waals surface area contributed by atoms with E-state index in [1.54, 1.807) is 4.90 Å². The molecule has 3 rings (SSSR count). The van der Waals surface area contributed by atoms with Gasteiger partial charge < -0.3 is 14.6 Å². The molecule has 1 unspecified atom stereocenters. The minimum absolute atomic E-state index is 0.124. The van der Waals surface area contributed by atoms with E-state index in [1.807, 2.05) is 25.2 Å². The second-order valence-corrected chi connectivity index (χ2v) is 5.04. The molecule has 0 radical (unpaired) electrons. The molecular formula is C14H17N3O2. The van der Waals surface area contributed by atoms with Crippen molar-refractivity contribution in [2.45, 2.75) is 13.0 Å². The van der Waals surface area contributed by atoms with Gasteiger partial charge in [-0.2, -0.15) is 0 Å². The fraction of sp³-hybridized carbons (Fsp3) is 0.429. The van der Waals surface area contributed by atoms with Gasteiger partial charge in [-0.3, -0.25) is 4.79 Å². The molecule has 1 aliphatic rings. The molecular weight excluding hydrogens is 242 g/mol. The maximum atomic E-state index is 12.2. The van der Waals surface area contributed by atoms with Gasteiger partial charge in [-0.25, -0.2) is 4.98 Å². The third-order valence-corrected chi connectivity index (χ3v) is 3.60. The summed E-state index contributed by atoms with van der Waals surface area (Å²) in [6.07, 6.45) is 2.37. The number of fused-ring (bicyclic) bond motifs is 1. The molecule has 1 aromatic heterocycles. The number of hydrogen-bond acceptors (Lipinski definition) is 4. The van der Waals surface area contributed by atoms with Gasteiger partial charge in [0, 0.05) is 20.1 Å². The minimum atomic E-state index is 0.124. The quantitative estimate of drug-likeness (QED) is 0.905. The summed E-state index contributed by atoms with van der Waals surface area (Å²) in [6, 6.07) is 5.85. The summed E-state index contributed by atoms with van der Waals surface area (Å²) in [5.74, 6) is 0.335. The maximum absolute atomic E-state index is 12.2. The zero-order valence-corrected chi connectivity index (χ0v) is 10.9. The first-order valence-corrected chi connectivity index (χ1v) is 6.52. The standard InChI is InChI=1S/C14H17N3O2/c1-17(14(18)11-4-5-15-7-11)8-10-2-3-12-13(6-10)19-9-16-12/h2-3,6,9,11,15H,4-5,7-8H2,1H3. The first-order chi connectivity index (χ1) is 9.24. The molecule has 1 saturated heterocycles. The van der Waals surface area contributed by atoms with Crippen LogP contribution in [-0.4, -0.2) is 35.9 Å². The van der Waals surface area contributed by atoms with Crippen LogP contribution in [0.4, 0.5) is 0 Å². The molecule has 19 heavy (non-hydrogen) atoms. The highest BCUT2D eigenvalue weighted by Crippen LogP contribution is 2.17. The van der Waals surface area contributed by atoms with Crippen LogP contribution in [0.1, 0.15) is 12.0 Å². The second-order valence-electron chi connectivity index (χ2n) is 5.04. The predicted molar refractivity (Wildman–Crippen MR) is 71.5 cm³/mol. The van der Waals surface area contributed by atoms with Gasteiger partial charge in [-0.05, 0) is 30.7 Å². The fourth-order valence-corrected chi connectivity index (χ4v) is 2.53. The van der Waals surface area contributed by atoms with Crippen LogP contribution in [0.15, 0.2) is 29.0 Å². The van der Waals surface area contributed by atoms with Gasteiger partial charge in [0.1, 0.15) is 5.52 Å². The number of carbonyl (C=O) groups is 1. The Morgan fingerprint density at radius 1 is 1.58 bits per heavy atom. The lowest BCUT2D eigenvalue weighted by Gasteiger charge is -2.20. The van der Waals surface area contributed by atoms with Gasteiger partial charge in [0.05, 0.1) is 5.92 Å². The third kappa shape index (κ3) is 2.46. The van der Waals surface area contributed by atoms with E-state index in [2.05, 4.69) is 10.3 Å². The lowest BCUT2D eigenvalue weighted by Crippen LogP contribution is -2.33. The second kappa shape index (κ2) is 5.01. The molecule has 0 saturated carbocycles. The van der Waals surface area contributed by atoms with E-state index in [1.165, 1.54) is 6.39 Å². The van der Waals surface area contributed by atoms with E-state index >= 15 is 0 Å². The number of aromatic nitrogens is 1. The normalized spacial score (nSPS) is 18.9. The van der Waals surface area contributed by atoms with E-state index in [-0.39, 0.29) is 11.8 Å². The number of amides is 1. The Morgan fingerprint density at radius 2 is 2.47 bits per heavy atom. The van der Waals surface area contributed by atoms with Crippen LogP contribution in [0.2, 0.25) is 0 Å². The van der Waals surface area contributed by atoms with Crippen molar-refractivity contribution in [3.63, 3.8) is 0 Å². The highest BCUT2D eigenvalue weighted by molar-refractivity contribution is 5.79. The van der Waals surface area contributed by atoms with Crippen LogP contribution in [0.5, 0.6) is 0 Å². The Labute approximate surface area is 111 Å². The zero-order valence-electron chi connectivity index (χ0n) is 10.9. The van der Waals surface area contributed by atoms with Crippen LogP contribution in [-0.2, 0) is 11.3 Å². The molecule has 1 N–H and O–H groups in total. The Kier molecular flexibility index (Phi) is 3.21. The summed E-state index contributed by atoms with van der Waals surface area (Å²) in [5, 5.41) is 3.22. The van der Waals surface area contributed by atoms with Crippen molar-refractivity contribution in [1.82, 2.24) is 15.2 Å². The molecule has 1 fully saturated rings. The van der Waals surface area contributed by atoms with E-state index in [0.29, 0.717) is 6.54 Å². The number of rotatable bonds is 3. The number of benzene rings is 1. The SMILES string of the molecule is CN(Cc1ccc2ncoc2c1)C(=O)C1CCNC1. The average molecular weight is 259 g/mol. The molecule has 5 heteroatoms. The number of nitrogens with one attached hydrogen (secondary N) is 1. The molecule has 1 aliphatic heterocycles. The fourth-order valence-electron chi connectivity index (χ4n) is 2.53. The molecule has 2 heterocycles. The molecule has 5 nitrogen and oxygen atoms in total. The van der Waals surface area contributed by atoms with Crippen LogP contribution in [0, 0.1) is 5.92 Å². The van der Waals surface area contributed by atoms with Crippen molar-refractivity contribution in [3.8, 4) is 0 Å². The van der Waals surface area contributed by atoms with Crippen molar-refractivity contribution in [2.24, 2.45) is 5.92 Å². The van der Waals surface area contributed by atoms with Crippen LogP contribution < -0.4 is 5.32 Å². The van der Waals surface area contributed by atoms with Crippen LogP contribution in [0.3, 0.4) is 0 Å². The van der Waals surface area contributed by atoms with Gasteiger partial charge >= 0.3 is 0 Å². The largest absolute Gasteiger partial charge is 0.443 e. The van der Waals surface area contributed by atoms with E-state index in [0.717, 1.165) is 36.2 Å². The Balaban J connectivity index is 1.70. The number of nitrogens with zero attached hydrogens (tertiary/aromatic N) is 2. The lowest BCUT2D eigenvalue weighted by molar-refractivity contribution is -0.134. The first kappa shape index (κ1) is 12.2. The van der Waals surface area contributed by atoms with Crippen molar-refractivity contribution < 1.29 is 9.21 Å². The van der Waals surface area contributed by atoms with Gasteiger partial charge in [0.15, 0.2) is 12.0 Å². The molecule has 0 spiro atoms. The summed E-state index contributed by atoms with van der Waals surface area (Å²) in [7, 11) is 1.85. The molecule has 1 amide bonds. The highest BCUT2D eigenvalue weighted by atomic mass is 16.3. The molecule has 0 bridgehead atoms. The minimum Gasteiger partial charge on any atom is -0.443 e. The molecule has 100 valence electrons. The predicted octanol–water partition coefficient (Wildman–Crippen LogP) is 1.40. The zero-order chi connectivity index (χ0) is 13.2. The van der Waals surface area contributed by atoms with Gasteiger partial charge in [0.2, 0.25) is 5.91 Å². The molecule has 1 atom stereocenters. The van der Waals surface area contributed by atoms with Crippen molar-refractivity contribution >= 4 is 17.0 Å². The summed E-state index contributed by atoms with van der Waals surface area (Å²) >= 11 is 0. The van der Waals surface area contributed by atoms with Crippen molar-refractivity contribution in [2.75, 3.05) is 20.1 Å². The third-order valence-electron chi connectivity index (χ3n) is 3.60. The Hall–Kier alpha value is -1.88. The van der Waals surface area contributed by atoms with E-state index in [4.69, 9.17) is 4.42 Å². The topological polar surface area (TPSA) is 58.4 Å². The maximum Gasteiger partial charge on any atom is 0.227 e. The summed E-state index contributed by atoms with van der Waals surface area (Å²) < 4.78 is 5.28. The Bertz CT molecular complexity index is 587. The molecule has 1 aromatic carbocycles. The molecule has 2 aromatic rings. The van der Waals surface area contributed by atoms with Gasteiger partial charge in [-0.1, -0.05) is 6.07 Å². The number of carbonyl (C=O) groups excluding carboxylic acids is 1. The lowest BCUT2D eigenvalue weighted by atomic mass is 10.1. The monoisotopic (exact) mass is 259 g/mol. The van der Waals surface area contributed by atoms with Crippen LogP contribution in [0.25, 0.3) is 11.1 Å². The molecule has 0 aliphatic carbocycles. The smallest absolute Gasteiger partial charge is 0.227 e. The van der Waals surface area contributed by atoms with Crippen molar-refractivity contribution in [3.05, 3.63) is 30.2 Å². The summed E-state index contributed by atoms with van der Waals surface area (Å²) in [4.78, 5) is 18.1. The van der Waals surface area contributed by atoms with Crippen molar-refractivity contribution in [1.29, 1.82) is 0 Å². The number of hydrogen-bond donors (Lipinski definition) is 1. The Morgan fingerprint density at radius 3 is 3.26 bits per heavy atom. The van der Waals surface area contributed by atoms with E-state index in [9.17, 15) is 4.79 Å². The average Bonchev–Trinajstić information content (AvgIpc) is 3.08. The number of oxazole rings is 1. The van der Waals surface area contributed by atoms with Crippen LogP contribution >= 0.6 is 0 Å².